The van der Waals surface area contributed by atoms with E-state index >= 15 is 0 Å². The molecule has 0 aliphatic carbocycles. The molecule has 134 valence electrons. The Morgan fingerprint density at radius 3 is 2.73 bits per heavy atom. The first-order valence-electron chi connectivity index (χ1n) is 8.02. The van der Waals surface area contributed by atoms with E-state index in [0.29, 0.717) is 29.4 Å². The molecule has 0 bridgehead atoms. The molecule has 0 fully saturated rings. The maximum absolute atomic E-state index is 12.2. The van der Waals surface area contributed by atoms with Crippen LogP contribution < -0.4 is 10.1 Å². The fourth-order valence-corrected chi connectivity index (χ4v) is 2.54. The highest BCUT2D eigenvalue weighted by atomic mass is 35.5. The molecule has 0 aliphatic heterocycles. The van der Waals surface area contributed by atoms with Crippen molar-refractivity contribution in [3.63, 3.8) is 0 Å². The van der Waals surface area contributed by atoms with Gasteiger partial charge in [0.1, 0.15) is 18.4 Å². The summed E-state index contributed by atoms with van der Waals surface area (Å²) in [5, 5.41) is 12.3. The van der Waals surface area contributed by atoms with E-state index in [1.807, 2.05) is 42.3 Å². The number of nitrogens with zero attached hydrogens (tertiary/aromatic N) is 2. The normalized spacial score (nSPS) is 10.2. The first-order chi connectivity index (χ1) is 12.5. The first-order valence-corrected chi connectivity index (χ1v) is 8.40. The van der Waals surface area contributed by atoms with Crippen LogP contribution in [0.4, 0.5) is 5.69 Å². The number of likely N-dealkylation sites (N-methyl/N-ethyl adjacent to an activating group) is 1. The van der Waals surface area contributed by atoms with E-state index in [2.05, 4.69) is 11.9 Å². The third kappa shape index (κ3) is 5.92. The quantitative estimate of drug-likeness (QED) is 0.718. The van der Waals surface area contributed by atoms with Gasteiger partial charge in [-0.3, -0.25) is 9.69 Å². The van der Waals surface area contributed by atoms with Crippen LogP contribution in [0.1, 0.15) is 11.1 Å². The number of hydrogen-bond acceptors (Lipinski definition) is 4. The summed E-state index contributed by atoms with van der Waals surface area (Å²) in [6.07, 6.45) is 1.69. The second kappa shape index (κ2) is 9.62. The van der Waals surface area contributed by atoms with Crippen LogP contribution in [-0.4, -0.2) is 31.0 Å². The first kappa shape index (κ1) is 19.5. The number of anilines is 1. The predicted octanol–water partition coefficient (Wildman–Crippen LogP) is 3.85. The van der Waals surface area contributed by atoms with Gasteiger partial charge >= 0.3 is 0 Å². The molecule has 1 amide bonds. The van der Waals surface area contributed by atoms with Gasteiger partial charge in [0.15, 0.2) is 0 Å². The summed E-state index contributed by atoms with van der Waals surface area (Å²) in [6.45, 7) is 4.87. The molecule has 0 radical (unpaired) electrons. The minimum atomic E-state index is -0.211. The third-order valence-corrected chi connectivity index (χ3v) is 3.77. The molecular weight excluding hydrogens is 350 g/mol. The molecule has 0 spiro atoms. The Morgan fingerprint density at radius 2 is 2.08 bits per heavy atom. The number of nitrogens with one attached hydrogen (secondary N) is 1. The fraction of sp³-hybridized carbons (Fsp3) is 0.200. The molecule has 1 N–H and O–H groups in total. The van der Waals surface area contributed by atoms with Crippen LogP contribution in [0.15, 0.2) is 55.1 Å². The van der Waals surface area contributed by atoms with Gasteiger partial charge in [0, 0.05) is 11.6 Å². The second-order valence-electron chi connectivity index (χ2n) is 5.77. The van der Waals surface area contributed by atoms with Crippen LogP contribution in [0, 0.1) is 11.3 Å². The van der Waals surface area contributed by atoms with Gasteiger partial charge < -0.3 is 10.1 Å². The van der Waals surface area contributed by atoms with Crippen LogP contribution in [0.3, 0.4) is 0 Å². The van der Waals surface area contributed by atoms with Crippen molar-refractivity contribution < 1.29 is 9.53 Å². The van der Waals surface area contributed by atoms with Crippen molar-refractivity contribution >= 4 is 23.2 Å². The van der Waals surface area contributed by atoms with Gasteiger partial charge in [-0.05, 0) is 42.9 Å². The predicted molar refractivity (Wildman–Crippen MR) is 103 cm³/mol. The van der Waals surface area contributed by atoms with E-state index < -0.39 is 0 Å². The average molecular weight is 370 g/mol. The number of hydrogen-bond donors (Lipinski definition) is 1. The zero-order valence-corrected chi connectivity index (χ0v) is 15.3. The highest BCUT2D eigenvalue weighted by Crippen LogP contribution is 2.20. The number of rotatable bonds is 8. The molecule has 26 heavy (non-hydrogen) atoms. The van der Waals surface area contributed by atoms with E-state index in [9.17, 15) is 4.79 Å². The van der Waals surface area contributed by atoms with Crippen molar-refractivity contribution in [2.45, 2.75) is 6.54 Å². The number of ether oxygens (including phenoxy) is 1. The SMILES string of the molecule is C=CCOc1ccc(CN(C)CC(=O)Nc2cc(Cl)ccc2C#N)cc1. The summed E-state index contributed by atoms with van der Waals surface area (Å²) in [7, 11) is 1.85. The molecule has 2 aromatic rings. The zero-order valence-electron chi connectivity index (χ0n) is 14.5. The maximum Gasteiger partial charge on any atom is 0.238 e. The van der Waals surface area contributed by atoms with Crippen molar-refractivity contribution in [2.24, 2.45) is 0 Å². The number of carbonyl (C=O) groups is 1. The lowest BCUT2D eigenvalue weighted by Gasteiger charge is -2.17. The Labute approximate surface area is 158 Å². The number of carbonyl (C=O) groups excluding carboxylic acids is 1. The number of halogens is 1. The van der Waals surface area contributed by atoms with Gasteiger partial charge in [0.25, 0.3) is 0 Å². The molecule has 0 saturated heterocycles. The summed E-state index contributed by atoms with van der Waals surface area (Å²) in [5.41, 5.74) is 1.86. The van der Waals surface area contributed by atoms with E-state index in [1.54, 1.807) is 24.3 Å². The monoisotopic (exact) mass is 369 g/mol. The minimum absolute atomic E-state index is 0.187. The minimum Gasteiger partial charge on any atom is -0.490 e. The molecule has 0 saturated carbocycles. The van der Waals surface area contributed by atoms with Crippen molar-refractivity contribution in [1.82, 2.24) is 4.90 Å². The van der Waals surface area contributed by atoms with Crippen LogP contribution in [-0.2, 0) is 11.3 Å². The fourth-order valence-electron chi connectivity index (χ4n) is 2.37. The smallest absolute Gasteiger partial charge is 0.238 e. The summed E-state index contributed by atoms with van der Waals surface area (Å²) in [4.78, 5) is 14.1. The molecule has 0 aliphatic rings. The Hall–Kier alpha value is -2.81. The summed E-state index contributed by atoms with van der Waals surface area (Å²) in [6, 6.07) is 14.5. The van der Waals surface area contributed by atoms with Crippen molar-refractivity contribution in [2.75, 3.05) is 25.5 Å². The second-order valence-corrected chi connectivity index (χ2v) is 6.20. The Bertz CT molecular complexity index is 813. The van der Waals surface area contributed by atoms with E-state index in [1.165, 1.54) is 0 Å². The van der Waals surface area contributed by atoms with Crippen molar-refractivity contribution in [3.8, 4) is 11.8 Å². The van der Waals surface area contributed by atoms with Gasteiger partial charge in [-0.1, -0.05) is 36.4 Å². The van der Waals surface area contributed by atoms with Crippen LogP contribution in [0.25, 0.3) is 0 Å². The molecular formula is C20H20ClN3O2. The Morgan fingerprint density at radius 1 is 1.35 bits per heavy atom. The van der Waals surface area contributed by atoms with Crippen molar-refractivity contribution in [1.29, 1.82) is 5.26 Å². The molecule has 0 aromatic heterocycles. The van der Waals surface area contributed by atoms with Gasteiger partial charge in [-0.25, -0.2) is 0 Å². The summed E-state index contributed by atoms with van der Waals surface area (Å²) < 4.78 is 5.44. The lowest BCUT2D eigenvalue weighted by molar-refractivity contribution is -0.117. The molecule has 0 unspecified atom stereocenters. The molecule has 0 heterocycles. The highest BCUT2D eigenvalue weighted by molar-refractivity contribution is 6.31. The Kier molecular flexibility index (Phi) is 7.22. The van der Waals surface area contributed by atoms with Gasteiger partial charge in [0.2, 0.25) is 5.91 Å². The molecule has 2 rings (SSSR count). The topological polar surface area (TPSA) is 65.4 Å². The molecule has 5 nitrogen and oxygen atoms in total. The molecule has 0 atom stereocenters. The van der Waals surface area contributed by atoms with Gasteiger partial charge in [-0.2, -0.15) is 5.26 Å². The van der Waals surface area contributed by atoms with Gasteiger partial charge in [0.05, 0.1) is 17.8 Å². The Balaban J connectivity index is 1.90. The van der Waals surface area contributed by atoms with E-state index in [4.69, 9.17) is 21.6 Å². The summed E-state index contributed by atoms with van der Waals surface area (Å²) in [5.74, 6) is 0.566. The molecule has 6 heteroatoms. The zero-order chi connectivity index (χ0) is 18.9. The maximum atomic E-state index is 12.2. The largest absolute Gasteiger partial charge is 0.490 e. The molecule has 2 aromatic carbocycles. The number of nitriles is 1. The summed E-state index contributed by atoms with van der Waals surface area (Å²) >= 11 is 5.93. The lowest BCUT2D eigenvalue weighted by Crippen LogP contribution is -2.30. The highest BCUT2D eigenvalue weighted by Gasteiger charge is 2.11. The average Bonchev–Trinajstić information content (AvgIpc) is 2.61. The van der Waals surface area contributed by atoms with Crippen molar-refractivity contribution in [3.05, 3.63) is 71.3 Å². The van der Waals surface area contributed by atoms with Crippen LogP contribution >= 0.6 is 11.6 Å². The van der Waals surface area contributed by atoms with E-state index in [0.717, 1.165) is 11.3 Å². The number of amides is 1. The lowest BCUT2D eigenvalue weighted by atomic mass is 10.2. The number of benzene rings is 2. The van der Waals surface area contributed by atoms with Crippen LogP contribution in [0.2, 0.25) is 5.02 Å². The van der Waals surface area contributed by atoms with E-state index in [-0.39, 0.29) is 12.5 Å². The third-order valence-electron chi connectivity index (χ3n) is 3.53. The van der Waals surface area contributed by atoms with Crippen LogP contribution in [0.5, 0.6) is 5.75 Å². The standard InChI is InChI=1S/C20H20ClN3O2/c1-3-10-26-18-8-4-15(5-9-18)13-24(2)14-20(25)23-19-11-17(21)7-6-16(19)12-22/h3-9,11H,1,10,13-14H2,2H3,(H,23,25). The van der Waals surface area contributed by atoms with Gasteiger partial charge in [-0.15, -0.1) is 0 Å².